The van der Waals surface area contributed by atoms with Crippen LogP contribution in [0.25, 0.3) is 0 Å². The number of H-pyrrole nitrogens is 1. The SMILES string of the molecule is CCOc1ccc(C(=O)N2CCC(c3cc(C(=O)NCC(F)(F)F)n[nH]3)CC2)cc1. The number of hydrogen-bond donors (Lipinski definition) is 2. The largest absolute Gasteiger partial charge is 0.494 e. The highest BCUT2D eigenvalue weighted by atomic mass is 19.4. The summed E-state index contributed by atoms with van der Waals surface area (Å²) in [6.45, 7) is 2.11. The van der Waals surface area contributed by atoms with E-state index in [4.69, 9.17) is 4.74 Å². The lowest BCUT2D eigenvalue weighted by molar-refractivity contribution is -0.123. The minimum Gasteiger partial charge on any atom is -0.494 e. The van der Waals surface area contributed by atoms with E-state index in [0.717, 1.165) is 0 Å². The summed E-state index contributed by atoms with van der Waals surface area (Å²) >= 11 is 0. The van der Waals surface area contributed by atoms with E-state index in [1.54, 1.807) is 34.5 Å². The highest BCUT2D eigenvalue weighted by Crippen LogP contribution is 2.28. The maximum Gasteiger partial charge on any atom is 0.405 e. The van der Waals surface area contributed by atoms with Gasteiger partial charge in [-0.25, -0.2) is 0 Å². The molecule has 0 radical (unpaired) electrons. The predicted octanol–water partition coefficient (Wildman–Crippen LogP) is 3.12. The normalized spacial score (nSPS) is 15.1. The summed E-state index contributed by atoms with van der Waals surface area (Å²) in [6.07, 6.45) is -3.15. The van der Waals surface area contributed by atoms with Gasteiger partial charge in [-0.15, -0.1) is 0 Å². The van der Waals surface area contributed by atoms with Crippen LogP contribution in [0.3, 0.4) is 0 Å². The number of amides is 2. The number of piperidine rings is 1. The summed E-state index contributed by atoms with van der Waals surface area (Å²) in [7, 11) is 0. The standard InChI is InChI=1S/C20H23F3N4O3/c1-2-30-15-5-3-14(4-6-15)19(29)27-9-7-13(8-10-27)16-11-17(26-25-16)18(28)24-12-20(21,22)23/h3-6,11,13H,2,7-10,12H2,1H3,(H,24,28)(H,25,26). The first-order valence-electron chi connectivity index (χ1n) is 9.69. The van der Waals surface area contributed by atoms with E-state index in [2.05, 4.69) is 10.2 Å². The first-order chi connectivity index (χ1) is 14.3. The van der Waals surface area contributed by atoms with Crippen molar-refractivity contribution in [2.45, 2.75) is 31.9 Å². The van der Waals surface area contributed by atoms with Crippen LogP contribution < -0.4 is 10.1 Å². The lowest BCUT2D eigenvalue weighted by atomic mass is 9.93. The van der Waals surface area contributed by atoms with Crippen LogP contribution in [0, 0.1) is 0 Å². The molecule has 2 N–H and O–H groups in total. The summed E-state index contributed by atoms with van der Waals surface area (Å²) in [5.41, 5.74) is 1.18. The number of nitrogens with one attached hydrogen (secondary N) is 2. The topological polar surface area (TPSA) is 87.3 Å². The zero-order valence-corrected chi connectivity index (χ0v) is 16.5. The molecule has 1 aromatic heterocycles. The summed E-state index contributed by atoms with van der Waals surface area (Å²) in [5.74, 6) is -0.181. The van der Waals surface area contributed by atoms with Crippen molar-refractivity contribution >= 4 is 11.8 Å². The Hall–Kier alpha value is -3.04. The predicted molar refractivity (Wildman–Crippen MR) is 102 cm³/mol. The molecule has 0 aliphatic carbocycles. The van der Waals surface area contributed by atoms with Gasteiger partial charge in [0.05, 0.1) is 6.61 Å². The molecule has 10 heteroatoms. The fourth-order valence-corrected chi connectivity index (χ4v) is 3.37. The van der Waals surface area contributed by atoms with Crippen molar-refractivity contribution in [2.75, 3.05) is 26.2 Å². The van der Waals surface area contributed by atoms with Gasteiger partial charge < -0.3 is 15.0 Å². The molecule has 0 saturated carbocycles. The van der Waals surface area contributed by atoms with Crippen LogP contribution >= 0.6 is 0 Å². The van der Waals surface area contributed by atoms with E-state index >= 15 is 0 Å². The van der Waals surface area contributed by atoms with Crippen molar-refractivity contribution in [3.63, 3.8) is 0 Å². The number of halogens is 3. The molecular formula is C20H23F3N4O3. The first kappa shape index (κ1) is 21.7. The van der Waals surface area contributed by atoms with Gasteiger partial charge in [-0.1, -0.05) is 0 Å². The third-order valence-electron chi connectivity index (χ3n) is 4.91. The van der Waals surface area contributed by atoms with Gasteiger partial charge in [-0.3, -0.25) is 14.7 Å². The van der Waals surface area contributed by atoms with Crippen LogP contribution in [0.5, 0.6) is 5.75 Å². The van der Waals surface area contributed by atoms with Gasteiger partial charge in [-0.05, 0) is 50.1 Å². The number of carbonyl (C=O) groups excluding carboxylic acids is 2. The second-order valence-corrected chi connectivity index (χ2v) is 7.03. The molecule has 0 atom stereocenters. The third-order valence-corrected chi connectivity index (χ3v) is 4.91. The molecule has 1 saturated heterocycles. The number of carbonyl (C=O) groups is 2. The van der Waals surface area contributed by atoms with Crippen molar-refractivity contribution in [1.29, 1.82) is 0 Å². The number of ether oxygens (including phenoxy) is 1. The van der Waals surface area contributed by atoms with Gasteiger partial charge in [0.2, 0.25) is 0 Å². The van der Waals surface area contributed by atoms with E-state index in [0.29, 0.717) is 49.5 Å². The highest BCUT2D eigenvalue weighted by molar-refractivity contribution is 5.94. The molecule has 0 bridgehead atoms. The Bertz CT molecular complexity index is 872. The lowest BCUT2D eigenvalue weighted by Crippen LogP contribution is -2.38. The molecule has 1 aliphatic rings. The van der Waals surface area contributed by atoms with Gasteiger partial charge in [0.1, 0.15) is 18.0 Å². The van der Waals surface area contributed by atoms with Crippen molar-refractivity contribution in [3.05, 3.63) is 47.3 Å². The molecule has 162 valence electrons. The average Bonchev–Trinajstić information content (AvgIpc) is 3.22. The molecule has 1 aliphatic heterocycles. The van der Waals surface area contributed by atoms with E-state index < -0.39 is 18.6 Å². The smallest absolute Gasteiger partial charge is 0.405 e. The van der Waals surface area contributed by atoms with Gasteiger partial charge in [0, 0.05) is 30.3 Å². The Labute approximate surface area is 171 Å². The fraction of sp³-hybridized carbons (Fsp3) is 0.450. The monoisotopic (exact) mass is 424 g/mol. The summed E-state index contributed by atoms with van der Waals surface area (Å²) in [6, 6.07) is 8.47. The zero-order valence-electron chi connectivity index (χ0n) is 16.5. The van der Waals surface area contributed by atoms with E-state index in [-0.39, 0.29) is 17.5 Å². The Morgan fingerprint density at radius 3 is 2.50 bits per heavy atom. The molecule has 2 amide bonds. The number of alkyl halides is 3. The lowest BCUT2D eigenvalue weighted by Gasteiger charge is -2.31. The number of hydrogen-bond acceptors (Lipinski definition) is 4. The number of rotatable bonds is 6. The molecule has 0 spiro atoms. The second-order valence-electron chi connectivity index (χ2n) is 7.03. The molecule has 1 aromatic carbocycles. The number of nitrogens with zero attached hydrogens (tertiary/aromatic N) is 2. The summed E-state index contributed by atoms with van der Waals surface area (Å²) in [5, 5.41) is 8.36. The quantitative estimate of drug-likeness (QED) is 0.746. The van der Waals surface area contributed by atoms with Gasteiger partial charge >= 0.3 is 6.18 Å². The number of benzene rings is 1. The highest BCUT2D eigenvalue weighted by Gasteiger charge is 2.29. The Balaban J connectivity index is 1.53. The summed E-state index contributed by atoms with van der Waals surface area (Å²) in [4.78, 5) is 26.2. The maximum absolute atomic E-state index is 12.7. The summed E-state index contributed by atoms with van der Waals surface area (Å²) < 4.78 is 42.1. The first-order valence-corrected chi connectivity index (χ1v) is 9.69. The molecule has 30 heavy (non-hydrogen) atoms. The number of likely N-dealkylation sites (tertiary alicyclic amines) is 1. The molecule has 2 heterocycles. The van der Waals surface area contributed by atoms with Crippen LogP contribution in [0.4, 0.5) is 13.2 Å². The van der Waals surface area contributed by atoms with Gasteiger partial charge in [-0.2, -0.15) is 18.3 Å². The van der Waals surface area contributed by atoms with Crippen LogP contribution in [0.2, 0.25) is 0 Å². The fourth-order valence-electron chi connectivity index (χ4n) is 3.37. The van der Waals surface area contributed by atoms with E-state index in [1.807, 2.05) is 6.92 Å². The van der Waals surface area contributed by atoms with Crippen LogP contribution in [0.1, 0.15) is 52.2 Å². The molecule has 1 fully saturated rings. The van der Waals surface area contributed by atoms with Gasteiger partial charge in [0.25, 0.3) is 11.8 Å². The Kier molecular flexibility index (Phi) is 6.63. The number of aromatic amines is 1. The molecular weight excluding hydrogens is 401 g/mol. The van der Waals surface area contributed by atoms with Crippen molar-refractivity contribution in [2.24, 2.45) is 0 Å². The van der Waals surface area contributed by atoms with Crippen molar-refractivity contribution in [3.8, 4) is 5.75 Å². The van der Waals surface area contributed by atoms with Crippen LogP contribution in [0.15, 0.2) is 30.3 Å². The minimum absolute atomic E-state index is 0.0473. The molecule has 2 aromatic rings. The zero-order chi connectivity index (χ0) is 21.7. The van der Waals surface area contributed by atoms with E-state index in [1.165, 1.54) is 6.07 Å². The third kappa shape index (κ3) is 5.52. The minimum atomic E-state index is -4.47. The van der Waals surface area contributed by atoms with E-state index in [9.17, 15) is 22.8 Å². The van der Waals surface area contributed by atoms with Crippen LogP contribution in [-0.2, 0) is 0 Å². The Morgan fingerprint density at radius 2 is 1.90 bits per heavy atom. The van der Waals surface area contributed by atoms with Gasteiger partial charge in [0.15, 0.2) is 0 Å². The Morgan fingerprint density at radius 1 is 1.23 bits per heavy atom. The molecule has 7 nitrogen and oxygen atoms in total. The maximum atomic E-state index is 12.7. The van der Waals surface area contributed by atoms with Crippen molar-refractivity contribution < 1.29 is 27.5 Å². The second kappa shape index (κ2) is 9.19. The van der Waals surface area contributed by atoms with Crippen LogP contribution in [-0.4, -0.2) is 59.3 Å². The molecule has 3 rings (SSSR count). The van der Waals surface area contributed by atoms with Crippen molar-refractivity contribution in [1.82, 2.24) is 20.4 Å². The average molecular weight is 424 g/mol. The number of aromatic nitrogens is 2. The molecule has 0 unspecified atom stereocenters.